The summed E-state index contributed by atoms with van der Waals surface area (Å²) < 4.78 is 3.38. The van der Waals surface area contributed by atoms with Crippen LogP contribution in [0.25, 0.3) is 17.0 Å². The number of para-hydroxylation sites is 1. The Kier molecular flexibility index (Phi) is 6.47. The molecule has 0 spiro atoms. The fourth-order valence-electron chi connectivity index (χ4n) is 4.24. The maximum absolute atomic E-state index is 12.8. The Bertz CT molecular complexity index is 1430. The van der Waals surface area contributed by atoms with Crippen LogP contribution in [0.4, 0.5) is 5.69 Å². The number of carbonyl (C=O) groups excluding carboxylic acids is 1. The number of nitrogens with one attached hydrogen (secondary N) is 2. The summed E-state index contributed by atoms with van der Waals surface area (Å²) in [6, 6.07) is 22.4. The van der Waals surface area contributed by atoms with Crippen LogP contribution in [0.15, 0.2) is 76.1 Å². The molecular formula is C27H23BrClN3OS. The van der Waals surface area contributed by atoms with Crippen LogP contribution in [-0.2, 0) is 11.3 Å². The first-order valence-corrected chi connectivity index (χ1v) is 13.0. The molecule has 1 aliphatic heterocycles. The third-order valence-corrected chi connectivity index (χ3v) is 7.81. The summed E-state index contributed by atoms with van der Waals surface area (Å²) in [5, 5.41) is 8.27. The van der Waals surface area contributed by atoms with E-state index in [4.69, 9.17) is 11.6 Å². The molecule has 1 aliphatic rings. The number of anilines is 1. The third-order valence-electron chi connectivity index (χ3n) is 6.01. The predicted molar refractivity (Wildman–Crippen MR) is 147 cm³/mol. The maximum atomic E-state index is 12.8. The van der Waals surface area contributed by atoms with Crippen molar-refractivity contribution in [3.8, 4) is 0 Å². The molecule has 1 unspecified atom stereocenters. The molecule has 1 amide bonds. The summed E-state index contributed by atoms with van der Waals surface area (Å²) in [6.45, 7) is 4.88. The van der Waals surface area contributed by atoms with Gasteiger partial charge in [-0.1, -0.05) is 69.6 Å². The smallest absolute Gasteiger partial charge is 0.260 e. The van der Waals surface area contributed by atoms with Gasteiger partial charge in [-0.2, -0.15) is 0 Å². The van der Waals surface area contributed by atoms with Gasteiger partial charge in [-0.25, -0.2) is 0 Å². The van der Waals surface area contributed by atoms with Gasteiger partial charge in [0.25, 0.3) is 5.91 Å². The van der Waals surface area contributed by atoms with Crippen molar-refractivity contribution in [1.82, 2.24) is 9.88 Å². The number of benzene rings is 3. The van der Waals surface area contributed by atoms with Gasteiger partial charge in [0.15, 0.2) is 5.50 Å². The number of hydrogen-bond donors (Lipinski definition) is 2. The molecule has 0 bridgehead atoms. The highest BCUT2D eigenvalue weighted by Crippen LogP contribution is 2.35. The molecule has 4 nitrogen and oxygen atoms in total. The first kappa shape index (κ1) is 23.1. The summed E-state index contributed by atoms with van der Waals surface area (Å²) in [5.41, 5.74) is 6.34. The molecule has 34 heavy (non-hydrogen) atoms. The van der Waals surface area contributed by atoms with Gasteiger partial charge in [-0.15, -0.1) is 0 Å². The Morgan fingerprint density at radius 1 is 1.12 bits per heavy atom. The monoisotopic (exact) mass is 551 g/mol. The number of fused-ring (bicyclic) bond motifs is 1. The van der Waals surface area contributed by atoms with Crippen molar-refractivity contribution >= 4 is 67.9 Å². The number of hydrogen-bond acceptors (Lipinski definition) is 3. The van der Waals surface area contributed by atoms with Crippen LogP contribution in [0, 0.1) is 13.8 Å². The molecule has 0 saturated carbocycles. The van der Waals surface area contributed by atoms with Crippen molar-refractivity contribution in [2.24, 2.45) is 0 Å². The van der Waals surface area contributed by atoms with E-state index in [9.17, 15) is 4.79 Å². The number of halogens is 2. The van der Waals surface area contributed by atoms with E-state index in [1.807, 2.05) is 37.3 Å². The molecule has 2 heterocycles. The second-order valence-corrected chi connectivity index (χ2v) is 10.8. The first-order valence-electron chi connectivity index (χ1n) is 10.9. The van der Waals surface area contributed by atoms with E-state index >= 15 is 0 Å². The molecule has 0 aliphatic carbocycles. The normalized spacial score (nSPS) is 16.9. The van der Waals surface area contributed by atoms with E-state index in [-0.39, 0.29) is 11.4 Å². The molecule has 1 saturated heterocycles. The van der Waals surface area contributed by atoms with Crippen molar-refractivity contribution in [1.29, 1.82) is 0 Å². The highest BCUT2D eigenvalue weighted by atomic mass is 79.9. The van der Waals surface area contributed by atoms with Crippen molar-refractivity contribution in [3.05, 3.63) is 104 Å². The van der Waals surface area contributed by atoms with Gasteiger partial charge in [0.2, 0.25) is 0 Å². The lowest BCUT2D eigenvalue weighted by molar-refractivity contribution is -0.116. The van der Waals surface area contributed by atoms with Gasteiger partial charge in [0, 0.05) is 43.9 Å². The van der Waals surface area contributed by atoms with Crippen molar-refractivity contribution in [2.75, 3.05) is 5.32 Å². The van der Waals surface area contributed by atoms with Crippen LogP contribution in [0.3, 0.4) is 0 Å². The molecule has 1 aromatic heterocycles. The Hall–Kier alpha value is -2.67. The second kappa shape index (κ2) is 9.53. The Morgan fingerprint density at radius 3 is 2.65 bits per heavy atom. The zero-order valence-corrected chi connectivity index (χ0v) is 21.9. The SMILES string of the molecule is Cc1cc(Cl)ccc1NC1NC(=O)/C(=C/c2c(C)n(Cc3ccc(Br)cc3)c3ccccc23)S1. The van der Waals surface area contributed by atoms with Crippen LogP contribution in [0.2, 0.25) is 5.02 Å². The van der Waals surface area contributed by atoms with Crippen molar-refractivity contribution in [3.63, 3.8) is 0 Å². The number of thioether (sulfide) groups is 1. The number of aromatic nitrogens is 1. The fourth-order valence-corrected chi connectivity index (χ4v) is 5.69. The van der Waals surface area contributed by atoms with Gasteiger partial charge in [-0.3, -0.25) is 4.79 Å². The number of rotatable bonds is 5. The lowest BCUT2D eigenvalue weighted by Gasteiger charge is -2.15. The Labute approximate surface area is 216 Å². The van der Waals surface area contributed by atoms with Crippen LogP contribution < -0.4 is 10.6 Å². The molecule has 7 heteroatoms. The summed E-state index contributed by atoms with van der Waals surface area (Å²) >= 11 is 11.1. The van der Waals surface area contributed by atoms with Gasteiger partial charge in [-0.05, 0) is 67.4 Å². The third kappa shape index (κ3) is 4.63. The first-order chi connectivity index (χ1) is 16.4. The van der Waals surface area contributed by atoms with Crippen LogP contribution in [0.5, 0.6) is 0 Å². The molecule has 0 radical (unpaired) electrons. The molecule has 4 aromatic rings. The molecule has 1 fully saturated rings. The quantitative estimate of drug-likeness (QED) is 0.255. The number of amides is 1. The van der Waals surface area contributed by atoms with Crippen molar-refractivity contribution in [2.45, 2.75) is 25.9 Å². The topological polar surface area (TPSA) is 46.1 Å². The van der Waals surface area contributed by atoms with Crippen LogP contribution in [0.1, 0.15) is 22.4 Å². The molecule has 1 atom stereocenters. The molecule has 5 rings (SSSR count). The minimum atomic E-state index is -0.241. The standard InChI is InChI=1S/C27H23BrClN3OS/c1-16-13-20(29)11-12-23(16)30-27-31-26(33)25(34-27)14-22-17(2)32(24-6-4-3-5-21(22)24)15-18-7-9-19(28)10-8-18/h3-14,27,30H,15H2,1-2H3,(H,31,33)/b25-14-. The summed E-state index contributed by atoms with van der Waals surface area (Å²) in [4.78, 5) is 13.5. The van der Waals surface area contributed by atoms with Crippen molar-refractivity contribution < 1.29 is 4.79 Å². The van der Waals surface area contributed by atoms with E-state index in [1.165, 1.54) is 17.3 Å². The number of nitrogens with zero attached hydrogens (tertiary/aromatic N) is 1. The molecule has 3 aromatic carbocycles. The van der Waals surface area contributed by atoms with Gasteiger partial charge >= 0.3 is 0 Å². The largest absolute Gasteiger partial charge is 0.356 e. The van der Waals surface area contributed by atoms with E-state index in [0.29, 0.717) is 9.93 Å². The van der Waals surface area contributed by atoms with Gasteiger partial charge in [0.05, 0.1) is 4.91 Å². The Morgan fingerprint density at radius 2 is 1.88 bits per heavy atom. The minimum Gasteiger partial charge on any atom is -0.356 e. The van der Waals surface area contributed by atoms with E-state index in [2.05, 4.69) is 80.5 Å². The average Bonchev–Trinajstić information content (AvgIpc) is 3.29. The molecular weight excluding hydrogens is 530 g/mol. The highest BCUT2D eigenvalue weighted by Gasteiger charge is 2.28. The predicted octanol–water partition coefficient (Wildman–Crippen LogP) is 7.32. The number of aryl methyl sites for hydroxylation is 1. The lowest BCUT2D eigenvalue weighted by Crippen LogP contribution is -2.31. The fraction of sp³-hybridized carbons (Fsp3) is 0.148. The zero-order chi connectivity index (χ0) is 23.8. The second-order valence-electron chi connectivity index (χ2n) is 8.31. The molecule has 172 valence electrons. The lowest BCUT2D eigenvalue weighted by atomic mass is 10.1. The zero-order valence-electron chi connectivity index (χ0n) is 18.7. The number of carbonyl (C=O) groups is 1. The molecule has 2 N–H and O–H groups in total. The minimum absolute atomic E-state index is 0.0711. The summed E-state index contributed by atoms with van der Waals surface area (Å²) in [6.07, 6.45) is 2.02. The van der Waals surface area contributed by atoms with E-state index in [0.717, 1.165) is 44.4 Å². The highest BCUT2D eigenvalue weighted by molar-refractivity contribution is 9.10. The van der Waals surface area contributed by atoms with Crippen LogP contribution in [-0.4, -0.2) is 16.0 Å². The summed E-state index contributed by atoms with van der Waals surface area (Å²) in [5.74, 6) is -0.0711. The average molecular weight is 553 g/mol. The Balaban J connectivity index is 1.46. The van der Waals surface area contributed by atoms with E-state index in [1.54, 1.807) is 0 Å². The van der Waals surface area contributed by atoms with Crippen LogP contribution >= 0.6 is 39.3 Å². The summed E-state index contributed by atoms with van der Waals surface area (Å²) in [7, 11) is 0. The van der Waals surface area contributed by atoms with Gasteiger partial charge < -0.3 is 15.2 Å². The maximum Gasteiger partial charge on any atom is 0.260 e. The van der Waals surface area contributed by atoms with E-state index < -0.39 is 0 Å². The van der Waals surface area contributed by atoms with Gasteiger partial charge in [0.1, 0.15) is 0 Å².